The lowest BCUT2D eigenvalue weighted by Crippen LogP contribution is -2.37. The van der Waals surface area contributed by atoms with Crippen molar-refractivity contribution < 1.29 is 9.37 Å². The van der Waals surface area contributed by atoms with Gasteiger partial charge in [-0.05, 0) is 41.1 Å². The molecule has 2 aromatic heterocycles. The molecule has 1 aliphatic heterocycles. The molecule has 28 heavy (non-hydrogen) atoms. The number of urea groups is 1. The second kappa shape index (κ2) is 8.13. The van der Waals surface area contributed by atoms with Crippen molar-refractivity contribution in [2.75, 3.05) is 30.3 Å². The number of rotatable bonds is 5. The summed E-state index contributed by atoms with van der Waals surface area (Å²) in [5, 5.41) is 11.0. The van der Waals surface area contributed by atoms with Crippen LogP contribution in [-0.2, 0) is 0 Å². The predicted molar refractivity (Wildman–Crippen MR) is 113 cm³/mol. The van der Waals surface area contributed by atoms with Crippen LogP contribution in [-0.4, -0.2) is 52.4 Å². The SMILES string of the molecule is Cc1cccc(NC(=O)NC2=NC=[N+](CCNc3ncnc4ccsc34)C2)c1. The van der Waals surface area contributed by atoms with Crippen LogP contribution in [0.15, 0.2) is 47.0 Å². The van der Waals surface area contributed by atoms with Gasteiger partial charge in [-0.15, -0.1) is 11.3 Å². The number of aryl methyl sites for hydroxylation is 1. The van der Waals surface area contributed by atoms with Crippen LogP contribution >= 0.6 is 11.3 Å². The summed E-state index contributed by atoms with van der Waals surface area (Å²) in [6.45, 7) is 3.99. The smallest absolute Gasteiger partial charge is 0.326 e. The fourth-order valence-electron chi connectivity index (χ4n) is 2.88. The van der Waals surface area contributed by atoms with Crippen LogP contribution < -0.4 is 16.0 Å². The molecule has 1 aromatic carbocycles. The molecule has 0 aliphatic carbocycles. The lowest BCUT2D eigenvalue weighted by atomic mass is 10.2. The number of hydrogen-bond donors (Lipinski definition) is 3. The maximum Gasteiger partial charge on any atom is 0.326 e. The molecule has 0 saturated heterocycles. The van der Waals surface area contributed by atoms with E-state index in [0.29, 0.717) is 18.9 Å². The van der Waals surface area contributed by atoms with Crippen molar-refractivity contribution in [2.45, 2.75) is 6.92 Å². The predicted octanol–water partition coefficient (Wildman–Crippen LogP) is 2.69. The zero-order valence-corrected chi connectivity index (χ0v) is 16.2. The number of aromatic nitrogens is 2. The van der Waals surface area contributed by atoms with E-state index in [4.69, 9.17) is 0 Å². The largest absolute Gasteiger partial charge is 0.365 e. The van der Waals surface area contributed by atoms with E-state index in [-0.39, 0.29) is 6.03 Å². The second-order valence-corrected chi connectivity index (χ2v) is 7.31. The molecule has 4 rings (SSSR count). The zero-order chi connectivity index (χ0) is 19.3. The number of amidine groups is 1. The van der Waals surface area contributed by atoms with Gasteiger partial charge in [0.25, 0.3) is 12.2 Å². The van der Waals surface area contributed by atoms with Crippen LogP contribution in [0.2, 0.25) is 0 Å². The summed E-state index contributed by atoms with van der Waals surface area (Å²) in [5.74, 6) is 1.46. The number of nitrogens with one attached hydrogen (secondary N) is 3. The maximum absolute atomic E-state index is 12.1. The van der Waals surface area contributed by atoms with Gasteiger partial charge in [0.2, 0.25) is 0 Å². The molecule has 9 heteroatoms. The van der Waals surface area contributed by atoms with E-state index in [1.54, 1.807) is 24.0 Å². The Kier molecular flexibility index (Phi) is 5.24. The number of nitrogens with zero attached hydrogens (tertiary/aromatic N) is 4. The molecule has 0 bridgehead atoms. The van der Waals surface area contributed by atoms with E-state index in [1.165, 1.54) is 0 Å². The van der Waals surface area contributed by atoms with Gasteiger partial charge in [-0.2, -0.15) is 0 Å². The fourth-order valence-corrected chi connectivity index (χ4v) is 3.69. The van der Waals surface area contributed by atoms with Gasteiger partial charge < -0.3 is 10.6 Å². The first-order valence-corrected chi connectivity index (χ1v) is 9.76. The van der Waals surface area contributed by atoms with Crippen molar-refractivity contribution in [3.63, 3.8) is 0 Å². The lowest BCUT2D eigenvalue weighted by molar-refractivity contribution is -0.502. The number of fused-ring (bicyclic) bond motifs is 1. The first-order valence-electron chi connectivity index (χ1n) is 8.88. The summed E-state index contributed by atoms with van der Waals surface area (Å²) in [6, 6.07) is 9.34. The van der Waals surface area contributed by atoms with Gasteiger partial charge in [-0.25, -0.2) is 14.8 Å². The molecular formula is C19H20N7OS+. The summed E-state index contributed by atoms with van der Waals surface area (Å²) in [5.41, 5.74) is 2.79. The molecule has 0 saturated carbocycles. The molecule has 3 heterocycles. The van der Waals surface area contributed by atoms with Crippen molar-refractivity contribution in [1.29, 1.82) is 0 Å². The Morgan fingerprint density at radius 3 is 3.07 bits per heavy atom. The number of amides is 2. The van der Waals surface area contributed by atoms with Crippen LogP contribution in [0.5, 0.6) is 0 Å². The van der Waals surface area contributed by atoms with E-state index in [9.17, 15) is 4.79 Å². The molecule has 1 aliphatic rings. The summed E-state index contributed by atoms with van der Waals surface area (Å²) < 4.78 is 3.08. The summed E-state index contributed by atoms with van der Waals surface area (Å²) in [6.07, 6.45) is 3.31. The first-order chi connectivity index (χ1) is 13.7. The van der Waals surface area contributed by atoms with Gasteiger partial charge in [-0.3, -0.25) is 9.89 Å². The van der Waals surface area contributed by atoms with Crippen LogP contribution in [0.4, 0.5) is 16.3 Å². The van der Waals surface area contributed by atoms with Gasteiger partial charge in [0.1, 0.15) is 18.7 Å². The molecule has 0 unspecified atom stereocenters. The van der Waals surface area contributed by atoms with Crippen molar-refractivity contribution in [2.24, 2.45) is 4.99 Å². The molecule has 0 fully saturated rings. The maximum atomic E-state index is 12.1. The van der Waals surface area contributed by atoms with E-state index in [1.807, 2.05) is 47.2 Å². The lowest BCUT2D eigenvalue weighted by Gasteiger charge is -2.07. The van der Waals surface area contributed by atoms with Crippen molar-refractivity contribution >= 4 is 51.3 Å². The Bertz CT molecular complexity index is 1070. The minimum absolute atomic E-state index is 0.293. The number of carbonyl (C=O) groups excluding carboxylic acids is 1. The number of anilines is 2. The van der Waals surface area contributed by atoms with Gasteiger partial charge in [0, 0.05) is 5.69 Å². The van der Waals surface area contributed by atoms with E-state index in [2.05, 4.69) is 30.9 Å². The summed E-state index contributed by atoms with van der Waals surface area (Å²) in [7, 11) is 0. The van der Waals surface area contributed by atoms with E-state index >= 15 is 0 Å². The number of hydrogen-bond acceptors (Lipinski definition) is 6. The second-order valence-electron chi connectivity index (χ2n) is 6.39. The average Bonchev–Trinajstić information content (AvgIpc) is 3.31. The van der Waals surface area contributed by atoms with Crippen molar-refractivity contribution in [3.8, 4) is 0 Å². The van der Waals surface area contributed by atoms with Crippen molar-refractivity contribution in [3.05, 3.63) is 47.6 Å². The molecule has 8 nitrogen and oxygen atoms in total. The quantitative estimate of drug-likeness (QED) is 0.580. The molecule has 3 N–H and O–H groups in total. The Labute approximate surface area is 166 Å². The molecule has 2 amide bonds. The highest BCUT2D eigenvalue weighted by atomic mass is 32.1. The molecular weight excluding hydrogens is 374 g/mol. The third kappa shape index (κ3) is 4.32. The Hall–Kier alpha value is -3.33. The molecule has 0 radical (unpaired) electrons. The highest BCUT2D eigenvalue weighted by Crippen LogP contribution is 2.24. The van der Waals surface area contributed by atoms with Gasteiger partial charge in [0.05, 0.1) is 16.8 Å². The third-order valence-corrected chi connectivity index (χ3v) is 5.11. The van der Waals surface area contributed by atoms with Crippen LogP contribution in [0.3, 0.4) is 0 Å². The highest BCUT2D eigenvalue weighted by Gasteiger charge is 2.20. The highest BCUT2D eigenvalue weighted by molar-refractivity contribution is 7.17. The Morgan fingerprint density at radius 2 is 2.18 bits per heavy atom. The average molecular weight is 394 g/mol. The first kappa shape index (κ1) is 18.1. The van der Waals surface area contributed by atoms with E-state index in [0.717, 1.165) is 33.8 Å². The van der Waals surface area contributed by atoms with Crippen molar-refractivity contribution in [1.82, 2.24) is 15.3 Å². The molecule has 0 atom stereocenters. The normalized spacial score (nSPS) is 13.2. The van der Waals surface area contributed by atoms with Crippen LogP contribution in [0.25, 0.3) is 10.2 Å². The number of aliphatic imine (C=N–C) groups is 1. The summed E-state index contributed by atoms with van der Waals surface area (Å²) >= 11 is 1.62. The molecule has 0 spiro atoms. The Morgan fingerprint density at radius 1 is 1.25 bits per heavy atom. The third-order valence-electron chi connectivity index (χ3n) is 4.20. The monoisotopic (exact) mass is 394 g/mol. The van der Waals surface area contributed by atoms with Gasteiger partial charge in [0.15, 0.2) is 6.54 Å². The standard InChI is InChI=1S/C19H19N7OS/c1-13-3-2-4-14(9-13)24-19(27)25-16-10-26(12-23-16)7-6-20-18-17-15(5-8-28-17)21-11-22-18/h2-5,8-9,11-12H,6-7,10H2,1H3,(H2,20,21,22,24,27)/p+1. The zero-order valence-electron chi connectivity index (χ0n) is 15.3. The number of carbonyl (C=O) groups is 1. The summed E-state index contributed by atoms with van der Waals surface area (Å²) in [4.78, 5) is 24.9. The minimum Gasteiger partial charge on any atom is -0.365 e. The fraction of sp³-hybridized carbons (Fsp3) is 0.211. The molecule has 3 aromatic rings. The number of benzene rings is 1. The van der Waals surface area contributed by atoms with E-state index < -0.39 is 0 Å². The molecule has 142 valence electrons. The van der Waals surface area contributed by atoms with Gasteiger partial charge in [-0.1, -0.05) is 12.1 Å². The minimum atomic E-state index is -0.293. The number of thiophene rings is 1. The van der Waals surface area contributed by atoms with Gasteiger partial charge >= 0.3 is 6.03 Å². The Balaban J connectivity index is 1.23. The van der Waals surface area contributed by atoms with Crippen LogP contribution in [0.1, 0.15) is 5.56 Å². The van der Waals surface area contributed by atoms with Crippen LogP contribution in [0, 0.1) is 6.92 Å². The topological polar surface area (TPSA) is 94.3 Å².